The van der Waals surface area contributed by atoms with Crippen LogP contribution < -0.4 is 51.4 Å². The summed E-state index contributed by atoms with van der Waals surface area (Å²) in [5, 5.41) is 0. The molecule has 3 N–H and O–H groups in total. The minimum atomic E-state index is -4.64. The summed E-state index contributed by atoms with van der Waals surface area (Å²) in [5.74, 6) is 0. The van der Waals surface area contributed by atoms with E-state index in [1.54, 1.807) is 0 Å². The van der Waals surface area contributed by atoms with Crippen LogP contribution in [-0.4, -0.2) is 14.7 Å². The molecule has 0 saturated carbocycles. The van der Waals surface area contributed by atoms with E-state index in [0.717, 1.165) is 13.4 Å². The molecule has 0 atom stereocenters. The molecule has 4 nitrogen and oxygen atoms in total. The first-order valence-corrected chi connectivity index (χ1v) is 6.95. The van der Waals surface area contributed by atoms with E-state index in [4.69, 9.17) is 19.2 Å². The van der Waals surface area contributed by atoms with Gasteiger partial charge in [-0.15, -0.1) is 12.1 Å². The van der Waals surface area contributed by atoms with Gasteiger partial charge < -0.3 is 14.7 Å². The van der Waals surface area contributed by atoms with E-state index >= 15 is 0 Å². The molecule has 0 aliphatic carbocycles. The van der Waals surface area contributed by atoms with Crippen molar-refractivity contribution < 1.29 is 70.6 Å². The number of halogens is 3. The maximum absolute atomic E-state index is 8.88. The summed E-state index contributed by atoms with van der Waals surface area (Å²) in [6.45, 7) is 0. The van der Waals surface area contributed by atoms with Crippen LogP contribution in [0, 0.1) is 6.07 Å². The van der Waals surface area contributed by atoms with Crippen molar-refractivity contribution in [1.82, 2.24) is 0 Å². The number of phosphoric acid groups is 1. The zero-order valence-electron chi connectivity index (χ0n) is 7.49. The van der Waals surface area contributed by atoms with Crippen LogP contribution >= 0.6 is 55.6 Å². The van der Waals surface area contributed by atoms with E-state index in [1.807, 2.05) is 12.1 Å². The summed E-state index contributed by atoms with van der Waals surface area (Å²) in [6, 6.07) is 6.88. The number of rotatable bonds is 0. The molecule has 0 saturated heterocycles. The van der Waals surface area contributed by atoms with Crippen LogP contribution in [0.5, 0.6) is 0 Å². The van der Waals surface area contributed by atoms with Gasteiger partial charge in [0.15, 0.2) is 0 Å². The van der Waals surface area contributed by atoms with Gasteiger partial charge in [-0.25, -0.2) is 4.57 Å². The van der Waals surface area contributed by atoms with E-state index in [0.29, 0.717) is 0 Å². The van der Waals surface area contributed by atoms with Crippen molar-refractivity contribution in [3.05, 3.63) is 31.6 Å². The molecular weight excluding hydrogens is 446 g/mol. The summed E-state index contributed by atoms with van der Waals surface area (Å²) >= 11 is 9.93. The Balaban J connectivity index is 0. The Bertz CT molecular complexity index is 297. The Morgan fingerprint density at radius 2 is 1.33 bits per heavy atom. The zero-order chi connectivity index (χ0) is 11.4. The van der Waals surface area contributed by atoms with Gasteiger partial charge in [0.2, 0.25) is 0 Å². The standard InChI is InChI=1S/C6H2Br3.K.H3O4P/c7-4-1-5(8)3-6(9)2-4;;1-5(2,3)4/h1-2H;;(H3,1,2,3,4)/q-1;+1;. The fraction of sp³-hybridized carbons (Fsp3) is 0. The number of hydrogen-bond donors (Lipinski definition) is 3. The monoisotopic (exact) mass is 448 g/mol. The molecule has 0 fully saturated rings. The molecule has 9 heteroatoms. The summed E-state index contributed by atoms with van der Waals surface area (Å²) < 4.78 is 11.8. The average molecular weight is 451 g/mol. The van der Waals surface area contributed by atoms with Crippen LogP contribution in [0.3, 0.4) is 0 Å². The van der Waals surface area contributed by atoms with Gasteiger partial charge in [0.25, 0.3) is 0 Å². The second kappa shape index (κ2) is 9.35. The first kappa shape index (κ1) is 19.7. The predicted molar refractivity (Wildman–Crippen MR) is 62.6 cm³/mol. The predicted octanol–water partition coefficient (Wildman–Crippen LogP) is -0.150. The Morgan fingerprint density at radius 3 is 1.53 bits per heavy atom. The maximum atomic E-state index is 8.88. The Hall–Kier alpha value is 2.41. The minimum absolute atomic E-state index is 0. The molecule has 0 radical (unpaired) electrons. The SMILES string of the molecule is Brc1[c-]c(Br)cc(Br)c1.O=P(O)(O)O.[K+]. The van der Waals surface area contributed by atoms with E-state index in [-0.39, 0.29) is 51.4 Å². The van der Waals surface area contributed by atoms with Gasteiger partial charge in [0.05, 0.1) is 0 Å². The third-order valence-corrected chi connectivity index (χ3v) is 2.08. The van der Waals surface area contributed by atoms with Crippen LogP contribution in [0.2, 0.25) is 0 Å². The second-order valence-corrected chi connectivity index (χ2v) is 5.66. The summed E-state index contributed by atoms with van der Waals surface area (Å²) in [4.78, 5) is 21.6. The molecule has 0 bridgehead atoms. The first-order valence-electron chi connectivity index (χ1n) is 3.00. The third kappa shape index (κ3) is 16.4. The summed E-state index contributed by atoms with van der Waals surface area (Å²) in [5.41, 5.74) is 0. The van der Waals surface area contributed by atoms with Gasteiger partial charge in [-0.1, -0.05) is 61.2 Å². The molecule has 1 aromatic rings. The Morgan fingerprint density at radius 1 is 1.07 bits per heavy atom. The fourth-order valence-electron chi connectivity index (χ4n) is 0.470. The fourth-order valence-corrected chi connectivity index (χ4v) is 2.73. The van der Waals surface area contributed by atoms with Crippen molar-refractivity contribution in [3.8, 4) is 0 Å². The van der Waals surface area contributed by atoms with Gasteiger partial charge in [-0.05, 0) is 0 Å². The van der Waals surface area contributed by atoms with Crippen LogP contribution in [0.1, 0.15) is 0 Å². The second-order valence-electron chi connectivity index (χ2n) is 2.01. The number of benzene rings is 1. The van der Waals surface area contributed by atoms with E-state index in [1.165, 1.54) is 0 Å². The molecule has 0 amide bonds. The normalized spacial score (nSPS) is 9.73. The Labute approximate surface area is 155 Å². The van der Waals surface area contributed by atoms with Gasteiger partial charge in [-0.3, -0.25) is 0 Å². The first-order chi connectivity index (χ1) is 6.18. The molecule has 0 heterocycles. The average Bonchev–Trinajstić information content (AvgIpc) is 1.77. The number of hydrogen-bond acceptors (Lipinski definition) is 1. The molecule has 1 rings (SSSR count). The molecule has 0 aliphatic heterocycles. The van der Waals surface area contributed by atoms with E-state index in [9.17, 15) is 0 Å². The zero-order valence-corrected chi connectivity index (χ0v) is 16.3. The molecule has 0 aliphatic rings. The van der Waals surface area contributed by atoms with Crippen molar-refractivity contribution >= 4 is 55.6 Å². The quantitative estimate of drug-likeness (QED) is 0.292. The molecule has 0 spiro atoms. The minimum Gasteiger partial charge on any atom is -0.303 e. The maximum Gasteiger partial charge on any atom is 1.00 e. The van der Waals surface area contributed by atoms with Crippen molar-refractivity contribution in [3.63, 3.8) is 0 Å². The molecule has 80 valence electrons. The molecule has 1 aromatic carbocycles. The van der Waals surface area contributed by atoms with Gasteiger partial charge >= 0.3 is 59.2 Å². The van der Waals surface area contributed by atoms with Crippen molar-refractivity contribution in [2.45, 2.75) is 0 Å². The Kier molecular flexibility index (Phi) is 12.3. The van der Waals surface area contributed by atoms with E-state index < -0.39 is 7.82 Å². The summed E-state index contributed by atoms with van der Waals surface area (Å²) in [7, 11) is -4.64. The van der Waals surface area contributed by atoms with Crippen molar-refractivity contribution in [2.24, 2.45) is 0 Å². The summed E-state index contributed by atoms with van der Waals surface area (Å²) in [6.07, 6.45) is 0. The van der Waals surface area contributed by atoms with Gasteiger partial charge in [0.1, 0.15) is 0 Å². The van der Waals surface area contributed by atoms with Crippen LogP contribution in [0.25, 0.3) is 0 Å². The topological polar surface area (TPSA) is 77.8 Å². The molecule has 0 unspecified atom stereocenters. The largest absolute Gasteiger partial charge is 1.00 e. The van der Waals surface area contributed by atoms with Crippen LogP contribution in [0.15, 0.2) is 25.6 Å². The molecule has 0 aromatic heterocycles. The molecular formula is C6H5Br3KO4P. The van der Waals surface area contributed by atoms with Crippen LogP contribution in [0.4, 0.5) is 0 Å². The van der Waals surface area contributed by atoms with E-state index in [2.05, 4.69) is 53.9 Å². The smallest absolute Gasteiger partial charge is 0.303 e. The van der Waals surface area contributed by atoms with Gasteiger partial charge in [0, 0.05) is 0 Å². The molecule has 15 heavy (non-hydrogen) atoms. The third-order valence-electron chi connectivity index (χ3n) is 0.768. The van der Waals surface area contributed by atoms with Crippen molar-refractivity contribution in [1.29, 1.82) is 0 Å². The van der Waals surface area contributed by atoms with Crippen molar-refractivity contribution in [2.75, 3.05) is 0 Å². The van der Waals surface area contributed by atoms with Crippen LogP contribution in [-0.2, 0) is 4.57 Å². The van der Waals surface area contributed by atoms with Gasteiger partial charge in [-0.2, -0.15) is 6.07 Å².